The highest BCUT2D eigenvalue weighted by atomic mass is 32.2. The molecule has 1 heterocycles. The lowest BCUT2D eigenvalue weighted by molar-refractivity contribution is -0.383. The van der Waals surface area contributed by atoms with Crippen LogP contribution in [0.15, 0.2) is 33.6 Å². The van der Waals surface area contributed by atoms with Crippen molar-refractivity contribution in [1.29, 1.82) is 0 Å². The van der Waals surface area contributed by atoms with Crippen molar-refractivity contribution in [3.05, 3.63) is 34.4 Å². The zero-order valence-corrected chi connectivity index (χ0v) is 14.5. The Bertz CT molecular complexity index is 762. The number of anilines is 1. The molecule has 0 saturated heterocycles. The molecule has 126 valence electrons. The van der Waals surface area contributed by atoms with Crippen LogP contribution in [0.25, 0.3) is 0 Å². The Morgan fingerprint density at radius 1 is 1.46 bits per heavy atom. The van der Waals surface area contributed by atoms with E-state index in [1.807, 2.05) is 14.1 Å². The van der Waals surface area contributed by atoms with Crippen LogP contribution >= 0.6 is 23.1 Å². The Morgan fingerprint density at radius 3 is 2.92 bits per heavy atom. The van der Waals surface area contributed by atoms with Crippen LogP contribution in [0.2, 0.25) is 0 Å². The zero-order chi connectivity index (χ0) is 17.5. The van der Waals surface area contributed by atoms with Gasteiger partial charge in [0.25, 0.3) is 5.69 Å². The second-order valence-electron chi connectivity index (χ2n) is 4.67. The number of aliphatic imine (C=N–C) groups is 1. The number of aromatic nitrogens is 2. The van der Waals surface area contributed by atoms with Crippen LogP contribution in [0.1, 0.15) is 0 Å². The van der Waals surface area contributed by atoms with Gasteiger partial charge in [-0.15, -0.1) is 10.2 Å². The quantitative estimate of drug-likeness (QED) is 0.263. The average molecular weight is 366 g/mol. The van der Waals surface area contributed by atoms with Gasteiger partial charge < -0.3 is 10.2 Å². The lowest BCUT2D eigenvalue weighted by Gasteiger charge is -2.04. The third kappa shape index (κ3) is 5.28. The predicted molar refractivity (Wildman–Crippen MR) is 94.2 cm³/mol. The van der Waals surface area contributed by atoms with Gasteiger partial charge in [-0.1, -0.05) is 35.2 Å². The zero-order valence-electron chi connectivity index (χ0n) is 12.9. The van der Waals surface area contributed by atoms with Gasteiger partial charge in [0.15, 0.2) is 4.34 Å². The number of rotatable bonds is 7. The van der Waals surface area contributed by atoms with E-state index in [1.54, 1.807) is 23.4 Å². The minimum atomic E-state index is -0.539. The van der Waals surface area contributed by atoms with Crippen molar-refractivity contribution in [2.75, 3.05) is 25.2 Å². The van der Waals surface area contributed by atoms with Gasteiger partial charge in [-0.3, -0.25) is 14.9 Å². The maximum Gasteiger partial charge on any atom is 0.292 e. The predicted octanol–water partition coefficient (Wildman–Crippen LogP) is 2.40. The van der Waals surface area contributed by atoms with Gasteiger partial charge in [0.05, 0.1) is 17.0 Å². The Hall–Kier alpha value is -2.53. The first-order chi connectivity index (χ1) is 11.5. The van der Waals surface area contributed by atoms with Crippen LogP contribution in [0.3, 0.4) is 0 Å². The van der Waals surface area contributed by atoms with Crippen LogP contribution in [0.5, 0.6) is 0 Å². The van der Waals surface area contributed by atoms with Crippen molar-refractivity contribution >= 4 is 51.9 Å². The number of carbonyl (C=O) groups excluding carboxylic acids is 1. The number of amides is 1. The molecule has 0 unspecified atom stereocenters. The number of thioether (sulfide) groups is 1. The number of nitrogens with one attached hydrogen (secondary N) is 1. The molecule has 0 aliphatic carbocycles. The molecular formula is C13H14N6O3S2. The molecule has 0 saturated carbocycles. The summed E-state index contributed by atoms with van der Waals surface area (Å²) >= 11 is 2.45. The summed E-state index contributed by atoms with van der Waals surface area (Å²) in [5, 5.41) is 21.7. The van der Waals surface area contributed by atoms with Crippen LogP contribution in [0, 0.1) is 10.1 Å². The molecule has 0 aliphatic heterocycles. The highest BCUT2D eigenvalue weighted by Crippen LogP contribution is 2.28. The Morgan fingerprint density at radius 2 is 2.21 bits per heavy atom. The fourth-order valence-corrected chi connectivity index (χ4v) is 3.01. The van der Waals surface area contributed by atoms with Gasteiger partial charge in [0.1, 0.15) is 5.69 Å². The van der Waals surface area contributed by atoms with Crippen molar-refractivity contribution < 1.29 is 9.72 Å². The number of hydrogen-bond acceptors (Lipinski definition) is 8. The van der Waals surface area contributed by atoms with Crippen molar-refractivity contribution in [1.82, 2.24) is 15.1 Å². The fraction of sp³-hybridized carbons (Fsp3) is 0.231. The molecule has 0 aliphatic rings. The first-order valence-corrected chi connectivity index (χ1v) is 8.46. The van der Waals surface area contributed by atoms with E-state index in [4.69, 9.17) is 0 Å². The van der Waals surface area contributed by atoms with E-state index >= 15 is 0 Å². The van der Waals surface area contributed by atoms with E-state index in [0.717, 1.165) is 0 Å². The van der Waals surface area contributed by atoms with E-state index in [2.05, 4.69) is 20.5 Å². The standard InChI is InChI=1S/C13H14N6O3S2/c1-18(2)8-14-12-16-17-13(24-12)23-7-11(20)15-9-5-3-4-6-10(9)19(21)22/h3-6,8H,7H2,1-2H3,(H,15,20)/b14-8+. The van der Waals surface area contributed by atoms with E-state index in [-0.39, 0.29) is 23.0 Å². The van der Waals surface area contributed by atoms with Gasteiger partial charge in [-0.2, -0.15) is 0 Å². The summed E-state index contributed by atoms with van der Waals surface area (Å²) in [5.74, 6) is -0.291. The minimum Gasteiger partial charge on any atom is -0.369 e. The molecule has 24 heavy (non-hydrogen) atoms. The Balaban J connectivity index is 1.91. The van der Waals surface area contributed by atoms with Crippen LogP contribution in [-0.4, -0.2) is 52.1 Å². The average Bonchev–Trinajstić information content (AvgIpc) is 2.99. The number of carbonyl (C=O) groups is 1. The van der Waals surface area contributed by atoms with Crippen molar-refractivity contribution in [2.45, 2.75) is 4.34 Å². The maximum absolute atomic E-state index is 11.9. The van der Waals surface area contributed by atoms with E-state index in [1.165, 1.54) is 35.2 Å². The number of para-hydroxylation sites is 2. The summed E-state index contributed by atoms with van der Waals surface area (Å²) in [4.78, 5) is 28.2. The van der Waals surface area contributed by atoms with Crippen molar-refractivity contribution in [2.24, 2.45) is 4.99 Å². The lowest BCUT2D eigenvalue weighted by atomic mass is 10.2. The largest absolute Gasteiger partial charge is 0.369 e. The number of hydrogen-bond donors (Lipinski definition) is 1. The first kappa shape index (κ1) is 17.8. The number of nitro groups is 1. The molecule has 0 radical (unpaired) electrons. The molecule has 1 N–H and O–H groups in total. The Kier molecular flexibility index (Phi) is 6.21. The lowest BCUT2D eigenvalue weighted by Crippen LogP contribution is -2.15. The highest BCUT2D eigenvalue weighted by Gasteiger charge is 2.15. The molecule has 2 rings (SSSR count). The minimum absolute atomic E-state index is 0.0675. The maximum atomic E-state index is 11.9. The van der Waals surface area contributed by atoms with Gasteiger partial charge in [-0.25, -0.2) is 4.99 Å². The fourth-order valence-electron chi connectivity index (χ4n) is 1.53. The normalized spacial score (nSPS) is 10.8. The second kappa shape index (κ2) is 8.36. The molecule has 0 bridgehead atoms. The summed E-state index contributed by atoms with van der Waals surface area (Å²) < 4.78 is 0.596. The monoisotopic (exact) mass is 366 g/mol. The van der Waals surface area contributed by atoms with Crippen LogP contribution < -0.4 is 5.32 Å². The molecule has 9 nitrogen and oxygen atoms in total. The summed E-state index contributed by atoms with van der Waals surface area (Å²) in [5.41, 5.74) is 0.0220. The SMILES string of the molecule is CN(C)/C=N/c1nnc(SCC(=O)Nc2ccccc2[N+](=O)[O-])s1. The van der Waals surface area contributed by atoms with Gasteiger partial charge in [-0.05, 0) is 6.07 Å². The number of benzene rings is 1. The van der Waals surface area contributed by atoms with Crippen molar-refractivity contribution in [3.63, 3.8) is 0 Å². The molecule has 2 aromatic rings. The van der Waals surface area contributed by atoms with Gasteiger partial charge >= 0.3 is 0 Å². The third-order valence-corrected chi connectivity index (χ3v) is 4.46. The van der Waals surface area contributed by atoms with Crippen molar-refractivity contribution in [3.8, 4) is 0 Å². The summed E-state index contributed by atoms with van der Waals surface area (Å²) in [6, 6.07) is 5.98. The molecule has 0 fully saturated rings. The number of nitrogens with zero attached hydrogens (tertiary/aromatic N) is 5. The van der Waals surface area contributed by atoms with Crippen LogP contribution in [-0.2, 0) is 4.79 Å². The van der Waals surface area contributed by atoms with Gasteiger partial charge in [0.2, 0.25) is 11.0 Å². The smallest absolute Gasteiger partial charge is 0.292 e. The summed E-state index contributed by atoms with van der Waals surface area (Å²) in [7, 11) is 3.68. The molecule has 1 amide bonds. The highest BCUT2D eigenvalue weighted by molar-refractivity contribution is 8.01. The summed E-state index contributed by atoms with van der Waals surface area (Å²) in [6.07, 6.45) is 1.61. The second-order valence-corrected chi connectivity index (χ2v) is 6.85. The Labute approximate surface area is 146 Å². The third-order valence-electron chi connectivity index (χ3n) is 2.50. The molecular weight excluding hydrogens is 352 g/mol. The van der Waals surface area contributed by atoms with E-state index in [9.17, 15) is 14.9 Å². The van der Waals surface area contributed by atoms with Gasteiger partial charge in [0, 0.05) is 20.2 Å². The van der Waals surface area contributed by atoms with E-state index < -0.39 is 4.92 Å². The molecule has 1 aromatic heterocycles. The molecule has 0 atom stereocenters. The van der Waals surface area contributed by atoms with Crippen LogP contribution in [0.4, 0.5) is 16.5 Å². The number of nitro benzene ring substituents is 1. The molecule has 1 aromatic carbocycles. The first-order valence-electron chi connectivity index (χ1n) is 6.66. The topological polar surface area (TPSA) is 114 Å². The van der Waals surface area contributed by atoms with E-state index in [0.29, 0.717) is 9.47 Å². The summed E-state index contributed by atoms with van der Waals surface area (Å²) in [6.45, 7) is 0. The molecule has 11 heteroatoms. The molecule has 0 spiro atoms.